The predicted molar refractivity (Wildman–Crippen MR) is 179 cm³/mol. The number of piperazine rings is 1. The lowest BCUT2D eigenvalue weighted by atomic mass is 10.0. The van der Waals surface area contributed by atoms with Gasteiger partial charge < -0.3 is 39.2 Å². The fourth-order valence-corrected chi connectivity index (χ4v) is 6.98. The summed E-state index contributed by atoms with van der Waals surface area (Å²) >= 11 is 0. The summed E-state index contributed by atoms with van der Waals surface area (Å²) in [6.45, 7) is 3.76. The standard InChI is InChI=1S/C33H41N6O9P/c1-3-47-49(44,45)22-24-11-9-23(10-12-24)19-28(32(41)37-15-17-39(18-16-37)48-33(42)43)35-31(40)27-20-29(38-14-13-26(21-38)46-2)36-30(34-27)25-7-5-4-6-8-25/h4-12,20,26,28H,3,13-19,21-22H2,1-2H3,(H,35,40)(H,42,43)(H,44,45)/t26-,28-/m0/s1. The first-order valence-corrected chi connectivity index (χ1v) is 17.8. The number of methoxy groups -OCH3 is 1. The van der Waals surface area contributed by atoms with Gasteiger partial charge in [-0.3, -0.25) is 14.2 Å². The van der Waals surface area contributed by atoms with Gasteiger partial charge in [0, 0.05) is 51.3 Å². The Hall–Kier alpha value is -4.40. The van der Waals surface area contributed by atoms with Gasteiger partial charge in [-0.15, -0.1) is 5.06 Å². The maximum absolute atomic E-state index is 14.0. The van der Waals surface area contributed by atoms with Crippen LogP contribution in [-0.2, 0) is 36.0 Å². The Kier molecular flexibility index (Phi) is 12.0. The van der Waals surface area contributed by atoms with Gasteiger partial charge in [-0.05, 0) is 24.5 Å². The molecular weight excluding hydrogens is 655 g/mol. The van der Waals surface area contributed by atoms with Crippen molar-refractivity contribution >= 4 is 31.4 Å². The van der Waals surface area contributed by atoms with Crippen LogP contribution in [-0.4, -0.2) is 113 Å². The number of carboxylic acid groups (broad SMARTS) is 1. The number of amides is 2. The highest BCUT2D eigenvalue weighted by Gasteiger charge is 2.32. The molecule has 2 fully saturated rings. The Morgan fingerprint density at radius 1 is 1.00 bits per heavy atom. The first-order chi connectivity index (χ1) is 23.5. The van der Waals surface area contributed by atoms with E-state index in [1.54, 1.807) is 49.3 Å². The van der Waals surface area contributed by atoms with Gasteiger partial charge in [-0.2, -0.15) is 0 Å². The SMILES string of the molecule is CCOP(=O)(O)Cc1ccc(C[C@H](NC(=O)c2cc(N3CC[C@H](OC)C3)nc(-c3ccccc3)n2)C(=O)N2CCN(OC(=O)O)CC2)cc1. The molecule has 1 unspecified atom stereocenters. The lowest BCUT2D eigenvalue weighted by molar-refractivity contribution is -0.154. The van der Waals surface area contributed by atoms with Crippen molar-refractivity contribution in [1.82, 2.24) is 25.2 Å². The maximum atomic E-state index is 14.0. The number of hydroxylamine groups is 2. The molecule has 15 nitrogen and oxygen atoms in total. The van der Waals surface area contributed by atoms with Crippen LogP contribution in [0.3, 0.4) is 0 Å². The number of hydrogen-bond donors (Lipinski definition) is 3. The minimum absolute atomic E-state index is 0.0330. The monoisotopic (exact) mass is 696 g/mol. The highest BCUT2D eigenvalue weighted by molar-refractivity contribution is 7.51. The summed E-state index contributed by atoms with van der Waals surface area (Å²) in [5.41, 5.74) is 2.11. The van der Waals surface area contributed by atoms with Crippen molar-refractivity contribution in [2.45, 2.75) is 38.1 Å². The average Bonchev–Trinajstić information content (AvgIpc) is 3.58. The van der Waals surface area contributed by atoms with E-state index in [1.807, 2.05) is 35.2 Å². The second-order valence-electron chi connectivity index (χ2n) is 11.8. The normalized spacial score (nSPS) is 18.5. The van der Waals surface area contributed by atoms with Crippen LogP contribution in [0.25, 0.3) is 11.4 Å². The summed E-state index contributed by atoms with van der Waals surface area (Å²) in [4.78, 5) is 66.7. The smallest absolute Gasteiger partial charge is 0.448 e. The number of carbonyl (C=O) groups excluding carboxylic acids is 2. The van der Waals surface area contributed by atoms with Crippen molar-refractivity contribution < 1.29 is 43.0 Å². The summed E-state index contributed by atoms with van der Waals surface area (Å²) in [5, 5.41) is 13.1. The molecule has 1 aromatic heterocycles. The zero-order valence-corrected chi connectivity index (χ0v) is 28.3. The zero-order valence-electron chi connectivity index (χ0n) is 27.4. The second kappa shape index (κ2) is 16.3. The molecule has 3 aromatic rings. The third-order valence-corrected chi connectivity index (χ3v) is 9.74. The average molecular weight is 697 g/mol. The maximum Gasteiger partial charge on any atom is 0.525 e. The van der Waals surface area contributed by atoms with E-state index in [0.717, 1.165) is 12.0 Å². The molecule has 0 radical (unpaired) electrons. The molecule has 0 aliphatic carbocycles. The number of ether oxygens (including phenoxy) is 1. The third kappa shape index (κ3) is 9.83. The number of nitrogens with one attached hydrogen (secondary N) is 1. The summed E-state index contributed by atoms with van der Waals surface area (Å²) < 4.78 is 22.8. The quantitative estimate of drug-likeness (QED) is 0.222. The number of carbonyl (C=O) groups is 3. The van der Waals surface area contributed by atoms with Crippen LogP contribution in [0.1, 0.15) is 35.0 Å². The van der Waals surface area contributed by atoms with Crippen molar-refractivity contribution in [3.8, 4) is 11.4 Å². The van der Waals surface area contributed by atoms with E-state index in [0.29, 0.717) is 35.9 Å². The van der Waals surface area contributed by atoms with Crippen LogP contribution in [0.5, 0.6) is 0 Å². The number of nitrogens with zero attached hydrogens (tertiary/aromatic N) is 5. The van der Waals surface area contributed by atoms with Gasteiger partial charge >= 0.3 is 13.8 Å². The molecule has 3 N–H and O–H groups in total. The van der Waals surface area contributed by atoms with Crippen LogP contribution in [0.4, 0.5) is 10.6 Å². The van der Waals surface area contributed by atoms with E-state index >= 15 is 0 Å². The molecule has 2 amide bonds. The third-order valence-electron chi connectivity index (χ3n) is 8.32. The summed E-state index contributed by atoms with van der Waals surface area (Å²) in [6.07, 6.45) is -0.636. The number of hydrogen-bond acceptors (Lipinski definition) is 11. The van der Waals surface area contributed by atoms with Crippen LogP contribution in [0.2, 0.25) is 0 Å². The molecule has 2 aromatic carbocycles. The first-order valence-electron chi connectivity index (χ1n) is 16.1. The van der Waals surface area contributed by atoms with Gasteiger partial charge in [0.1, 0.15) is 17.6 Å². The zero-order chi connectivity index (χ0) is 35.0. The van der Waals surface area contributed by atoms with Gasteiger partial charge in [0.25, 0.3) is 5.91 Å². The van der Waals surface area contributed by atoms with Crippen LogP contribution >= 0.6 is 7.60 Å². The van der Waals surface area contributed by atoms with E-state index in [2.05, 4.69) is 10.3 Å². The molecule has 49 heavy (non-hydrogen) atoms. The Bertz CT molecular complexity index is 1650. The molecular formula is C33H41N6O9P. The van der Waals surface area contributed by atoms with Crippen molar-refractivity contribution in [2.75, 3.05) is 57.9 Å². The first kappa shape index (κ1) is 35.9. The molecule has 0 spiro atoms. The topological polar surface area (TPSA) is 184 Å². The molecule has 3 heterocycles. The fraction of sp³-hybridized carbons (Fsp3) is 0.424. The Balaban J connectivity index is 1.40. The molecule has 2 saturated heterocycles. The summed E-state index contributed by atoms with van der Waals surface area (Å²) in [6, 6.07) is 16.8. The van der Waals surface area contributed by atoms with E-state index in [-0.39, 0.29) is 63.1 Å². The van der Waals surface area contributed by atoms with Gasteiger partial charge in [0.2, 0.25) is 5.91 Å². The summed E-state index contributed by atoms with van der Waals surface area (Å²) in [5.74, 6) is 0.0119. The van der Waals surface area contributed by atoms with E-state index in [9.17, 15) is 23.8 Å². The van der Waals surface area contributed by atoms with Gasteiger partial charge in [0.05, 0.1) is 32.0 Å². The fourth-order valence-electron chi connectivity index (χ4n) is 5.82. The molecule has 2 aliphatic rings. The van der Waals surface area contributed by atoms with E-state index in [1.165, 1.54) is 5.06 Å². The number of aromatic nitrogens is 2. The Morgan fingerprint density at radius 2 is 1.69 bits per heavy atom. The Morgan fingerprint density at radius 3 is 2.33 bits per heavy atom. The van der Waals surface area contributed by atoms with E-state index < -0.39 is 25.7 Å². The highest BCUT2D eigenvalue weighted by atomic mass is 31.2. The Labute approximate surface area is 284 Å². The summed E-state index contributed by atoms with van der Waals surface area (Å²) in [7, 11) is -2.13. The number of benzene rings is 2. The van der Waals surface area contributed by atoms with Crippen molar-refractivity contribution in [2.24, 2.45) is 0 Å². The van der Waals surface area contributed by atoms with Crippen LogP contribution < -0.4 is 10.2 Å². The highest BCUT2D eigenvalue weighted by Crippen LogP contribution is 2.45. The minimum Gasteiger partial charge on any atom is -0.448 e. The van der Waals surface area contributed by atoms with Crippen molar-refractivity contribution in [1.29, 1.82) is 0 Å². The largest absolute Gasteiger partial charge is 0.525 e. The molecule has 3 atom stereocenters. The van der Waals surface area contributed by atoms with Gasteiger partial charge in [0.15, 0.2) is 5.82 Å². The molecule has 2 aliphatic heterocycles. The minimum atomic E-state index is -3.79. The van der Waals surface area contributed by atoms with Crippen LogP contribution in [0, 0.1) is 0 Å². The molecule has 0 saturated carbocycles. The predicted octanol–water partition coefficient (Wildman–Crippen LogP) is 3.19. The molecule has 16 heteroatoms. The van der Waals surface area contributed by atoms with Crippen molar-refractivity contribution in [3.63, 3.8) is 0 Å². The van der Waals surface area contributed by atoms with Crippen molar-refractivity contribution in [3.05, 3.63) is 77.5 Å². The van der Waals surface area contributed by atoms with E-state index in [4.69, 9.17) is 24.2 Å². The number of anilines is 1. The van der Waals surface area contributed by atoms with Gasteiger partial charge in [-0.1, -0.05) is 54.6 Å². The number of rotatable bonds is 13. The molecule has 5 rings (SSSR count). The van der Waals surface area contributed by atoms with Gasteiger partial charge in [-0.25, -0.2) is 14.8 Å². The van der Waals surface area contributed by atoms with Crippen LogP contribution in [0.15, 0.2) is 60.7 Å². The lowest BCUT2D eigenvalue weighted by Crippen LogP contribution is -2.55. The second-order valence-corrected chi connectivity index (χ2v) is 13.6. The molecule has 0 bridgehead atoms. The lowest BCUT2D eigenvalue weighted by Gasteiger charge is -2.34. The molecule has 262 valence electrons.